The summed E-state index contributed by atoms with van der Waals surface area (Å²) >= 11 is 0. The highest BCUT2D eigenvalue weighted by Crippen LogP contribution is 2.18. The van der Waals surface area contributed by atoms with E-state index in [1.54, 1.807) is 44.2 Å². The molecule has 0 fully saturated rings. The van der Waals surface area contributed by atoms with Gasteiger partial charge in [0.05, 0.1) is 4.90 Å². The van der Waals surface area contributed by atoms with E-state index in [0.29, 0.717) is 18.7 Å². The van der Waals surface area contributed by atoms with E-state index in [-0.39, 0.29) is 10.5 Å². The maximum Gasteiger partial charge on any atom is 0.330 e. The smallest absolute Gasteiger partial charge is 0.330 e. The van der Waals surface area contributed by atoms with E-state index in [9.17, 15) is 23.1 Å². The maximum atomic E-state index is 12.6. The van der Waals surface area contributed by atoms with E-state index in [1.165, 1.54) is 28.6 Å². The van der Waals surface area contributed by atoms with Gasteiger partial charge < -0.3 is 10.4 Å². The molecule has 2 rings (SSSR count). The summed E-state index contributed by atoms with van der Waals surface area (Å²) in [6.07, 6.45) is 0. The Morgan fingerprint density at radius 3 is 2.22 bits per heavy atom. The van der Waals surface area contributed by atoms with Crippen LogP contribution >= 0.6 is 0 Å². The van der Waals surface area contributed by atoms with Crippen molar-refractivity contribution in [2.45, 2.75) is 24.8 Å². The third-order valence-corrected chi connectivity index (χ3v) is 6.14. The molecular formula is C19H22N2O5S. The zero-order valence-electron chi connectivity index (χ0n) is 15.1. The van der Waals surface area contributed by atoms with Gasteiger partial charge in [0.15, 0.2) is 6.04 Å². The first-order valence-electron chi connectivity index (χ1n) is 8.50. The molecule has 8 heteroatoms. The molecule has 0 heterocycles. The first-order chi connectivity index (χ1) is 12.8. The standard InChI is InChI=1S/C19H22N2O5S/c1-3-21(4-2)27(25,26)16-12-8-11-15(13-16)18(22)20-17(19(23)24)14-9-6-5-7-10-14/h5-13,17H,3-4H2,1-2H3,(H,20,22)(H,23,24)/t17-/m0/s1. The largest absolute Gasteiger partial charge is 0.479 e. The summed E-state index contributed by atoms with van der Waals surface area (Å²) in [7, 11) is -3.72. The van der Waals surface area contributed by atoms with E-state index >= 15 is 0 Å². The number of rotatable bonds is 8. The van der Waals surface area contributed by atoms with E-state index < -0.39 is 27.9 Å². The summed E-state index contributed by atoms with van der Waals surface area (Å²) in [5.74, 6) is -1.87. The second-order valence-corrected chi connectivity index (χ2v) is 7.71. The number of hydrogen-bond acceptors (Lipinski definition) is 4. The number of amides is 1. The van der Waals surface area contributed by atoms with Crippen LogP contribution in [0.5, 0.6) is 0 Å². The zero-order chi connectivity index (χ0) is 20.0. The maximum absolute atomic E-state index is 12.6. The molecule has 0 aliphatic heterocycles. The van der Waals surface area contributed by atoms with Crippen molar-refractivity contribution < 1.29 is 23.1 Å². The van der Waals surface area contributed by atoms with Gasteiger partial charge >= 0.3 is 5.97 Å². The van der Waals surface area contributed by atoms with Gasteiger partial charge in [-0.1, -0.05) is 50.2 Å². The molecule has 144 valence electrons. The fraction of sp³-hybridized carbons (Fsp3) is 0.263. The summed E-state index contributed by atoms with van der Waals surface area (Å²) in [4.78, 5) is 24.1. The van der Waals surface area contributed by atoms with E-state index in [0.717, 1.165) is 0 Å². The summed E-state index contributed by atoms with van der Waals surface area (Å²) in [5, 5.41) is 11.9. The van der Waals surface area contributed by atoms with Crippen LogP contribution < -0.4 is 5.32 Å². The number of nitrogens with one attached hydrogen (secondary N) is 1. The van der Waals surface area contributed by atoms with Crippen LogP contribution in [-0.4, -0.2) is 42.8 Å². The number of sulfonamides is 1. The molecule has 2 aromatic carbocycles. The average molecular weight is 390 g/mol. The highest BCUT2D eigenvalue weighted by Gasteiger charge is 2.25. The van der Waals surface area contributed by atoms with Crippen LogP contribution in [0.1, 0.15) is 35.8 Å². The Bertz CT molecular complexity index is 909. The van der Waals surface area contributed by atoms with Gasteiger partial charge in [-0.2, -0.15) is 4.31 Å². The summed E-state index contributed by atoms with van der Waals surface area (Å²) in [6.45, 7) is 4.08. The third kappa shape index (κ3) is 4.72. The zero-order valence-corrected chi connectivity index (χ0v) is 15.9. The second-order valence-electron chi connectivity index (χ2n) is 5.77. The van der Waals surface area contributed by atoms with Gasteiger partial charge in [0.25, 0.3) is 5.91 Å². The molecule has 0 aromatic heterocycles. The molecule has 1 amide bonds. The number of hydrogen-bond donors (Lipinski definition) is 2. The van der Waals surface area contributed by atoms with Crippen LogP contribution in [-0.2, 0) is 14.8 Å². The first-order valence-corrected chi connectivity index (χ1v) is 9.94. The van der Waals surface area contributed by atoms with Gasteiger partial charge in [0.1, 0.15) is 0 Å². The minimum atomic E-state index is -3.72. The van der Waals surface area contributed by atoms with Crippen LogP contribution in [0.2, 0.25) is 0 Å². The predicted molar refractivity (Wildman–Crippen MR) is 101 cm³/mol. The minimum absolute atomic E-state index is 0.00886. The molecule has 0 unspecified atom stereocenters. The number of benzene rings is 2. The first kappa shape index (κ1) is 20.6. The van der Waals surface area contributed by atoms with Crippen molar-refractivity contribution in [3.63, 3.8) is 0 Å². The topological polar surface area (TPSA) is 104 Å². The lowest BCUT2D eigenvalue weighted by atomic mass is 10.1. The lowest BCUT2D eigenvalue weighted by Crippen LogP contribution is -2.34. The SMILES string of the molecule is CCN(CC)S(=O)(=O)c1cccc(C(=O)N[C@H](C(=O)O)c2ccccc2)c1. The number of carboxylic acid groups (broad SMARTS) is 1. The van der Waals surface area contributed by atoms with E-state index in [1.807, 2.05) is 0 Å². The van der Waals surface area contributed by atoms with Crippen molar-refractivity contribution in [1.82, 2.24) is 9.62 Å². The number of carbonyl (C=O) groups is 2. The number of aliphatic carboxylic acids is 1. The Morgan fingerprint density at radius 1 is 1.04 bits per heavy atom. The van der Waals surface area contributed by atoms with Crippen molar-refractivity contribution in [3.05, 3.63) is 65.7 Å². The van der Waals surface area contributed by atoms with Crippen LogP contribution in [0.25, 0.3) is 0 Å². The molecule has 0 spiro atoms. The number of nitrogens with zero attached hydrogens (tertiary/aromatic N) is 1. The number of carboxylic acids is 1. The molecule has 0 saturated heterocycles. The fourth-order valence-electron chi connectivity index (χ4n) is 2.66. The number of carbonyl (C=O) groups excluding carboxylic acids is 1. The van der Waals surface area contributed by atoms with E-state index in [2.05, 4.69) is 5.32 Å². The van der Waals surface area contributed by atoms with Crippen molar-refractivity contribution in [1.29, 1.82) is 0 Å². The normalized spacial score (nSPS) is 12.6. The van der Waals surface area contributed by atoms with Crippen molar-refractivity contribution in [3.8, 4) is 0 Å². The molecule has 0 aliphatic rings. The van der Waals surface area contributed by atoms with Gasteiger partial charge in [-0.3, -0.25) is 4.79 Å². The quantitative estimate of drug-likeness (QED) is 0.720. The van der Waals surface area contributed by atoms with E-state index in [4.69, 9.17) is 0 Å². The predicted octanol–water partition coefficient (Wildman–Crippen LogP) is 2.27. The molecule has 2 aromatic rings. The summed E-state index contributed by atoms with van der Waals surface area (Å²) < 4.78 is 26.5. The average Bonchev–Trinajstić information content (AvgIpc) is 2.67. The Kier molecular flexibility index (Phi) is 6.70. The summed E-state index contributed by atoms with van der Waals surface area (Å²) in [6, 6.07) is 12.6. The lowest BCUT2D eigenvalue weighted by molar-refractivity contribution is -0.139. The summed E-state index contributed by atoms with van der Waals surface area (Å²) in [5.41, 5.74) is 0.496. The van der Waals surface area contributed by atoms with Gasteiger partial charge in [-0.15, -0.1) is 0 Å². The molecule has 1 atom stereocenters. The van der Waals surface area contributed by atoms with Gasteiger partial charge in [-0.05, 0) is 23.8 Å². The van der Waals surface area contributed by atoms with Crippen LogP contribution in [0.15, 0.2) is 59.5 Å². The van der Waals surface area contributed by atoms with Crippen LogP contribution in [0.4, 0.5) is 0 Å². The molecule has 0 aliphatic carbocycles. The Balaban J connectivity index is 2.31. The highest BCUT2D eigenvalue weighted by atomic mass is 32.2. The molecule has 0 bridgehead atoms. The second kappa shape index (κ2) is 8.79. The van der Waals surface area contributed by atoms with Crippen molar-refractivity contribution >= 4 is 21.9 Å². The van der Waals surface area contributed by atoms with Crippen LogP contribution in [0.3, 0.4) is 0 Å². The fourth-order valence-corrected chi connectivity index (χ4v) is 4.16. The van der Waals surface area contributed by atoms with Gasteiger partial charge in [0.2, 0.25) is 10.0 Å². The highest BCUT2D eigenvalue weighted by molar-refractivity contribution is 7.89. The monoisotopic (exact) mass is 390 g/mol. The molecule has 27 heavy (non-hydrogen) atoms. The Labute approximate surface area is 158 Å². The van der Waals surface area contributed by atoms with Crippen molar-refractivity contribution in [2.24, 2.45) is 0 Å². The molecule has 2 N–H and O–H groups in total. The lowest BCUT2D eigenvalue weighted by Gasteiger charge is -2.19. The minimum Gasteiger partial charge on any atom is -0.479 e. The molecule has 0 radical (unpaired) electrons. The van der Waals surface area contributed by atoms with Crippen molar-refractivity contribution in [2.75, 3.05) is 13.1 Å². The third-order valence-electron chi connectivity index (χ3n) is 4.09. The molecule has 0 saturated carbocycles. The van der Waals surface area contributed by atoms with Gasteiger partial charge in [0, 0.05) is 18.7 Å². The molecule has 7 nitrogen and oxygen atoms in total. The Hall–Kier alpha value is -2.71. The molecular weight excluding hydrogens is 368 g/mol. The Morgan fingerprint density at radius 2 is 1.67 bits per heavy atom. The van der Waals surface area contributed by atoms with Crippen LogP contribution in [0, 0.1) is 0 Å². The van der Waals surface area contributed by atoms with Gasteiger partial charge in [-0.25, -0.2) is 13.2 Å².